The lowest BCUT2D eigenvalue weighted by molar-refractivity contribution is 0.234. The molecule has 0 radical (unpaired) electrons. The molecule has 0 fully saturated rings. The van der Waals surface area contributed by atoms with Gasteiger partial charge in [0.2, 0.25) is 0 Å². The molecule has 0 bridgehead atoms. The number of para-hydroxylation sites is 1. The largest absolute Gasteiger partial charge is 0.338 e. The van der Waals surface area contributed by atoms with Crippen molar-refractivity contribution in [2.75, 3.05) is 16.6 Å². The zero-order valence-electron chi connectivity index (χ0n) is 20.1. The highest BCUT2D eigenvalue weighted by Crippen LogP contribution is 2.30. The van der Waals surface area contributed by atoms with E-state index in [9.17, 15) is 13.2 Å². The molecule has 0 saturated heterocycles. The Morgan fingerprint density at radius 2 is 1.58 bits per heavy atom. The number of hydrogen-bond donors (Lipinski definition) is 5. The van der Waals surface area contributed by atoms with Gasteiger partial charge in [0.25, 0.3) is 0 Å². The number of carbonyl (C=O) groups excluding carboxylic acids is 1. The number of anilines is 3. The first-order valence-electron chi connectivity index (χ1n) is 11.3. The zero-order chi connectivity index (χ0) is 27.3. The minimum atomic E-state index is -3.54. The fourth-order valence-corrected chi connectivity index (χ4v) is 4.70. The van der Waals surface area contributed by atoms with Crippen LogP contribution in [-0.2, 0) is 9.84 Å². The van der Waals surface area contributed by atoms with Crippen LogP contribution >= 0.6 is 0 Å². The van der Waals surface area contributed by atoms with Gasteiger partial charge in [-0.15, -0.1) is 0 Å². The fraction of sp³-hybridized carbons (Fsp3) is 0.0370. The van der Waals surface area contributed by atoms with Crippen LogP contribution in [0, 0.1) is 11.2 Å². The van der Waals surface area contributed by atoms with Crippen molar-refractivity contribution in [2.24, 2.45) is 0 Å². The maximum Gasteiger partial charge on any atom is 0.338 e. The number of nitrogens with zero attached hydrogens (tertiary/aromatic N) is 1. The highest BCUT2D eigenvalue weighted by Gasteiger charge is 2.18. The van der Waals surface area contributed by atoms with E-state index in [1.165, 1.54) is 23.2 Å². The van der Waals surface area contributed by atoms with Crippen molar-refractivity contribution in [2.45, 2.75) is 4.90 Å². The zero-order valence-corrected chi connectivity index (χ0v) is 21.0. The molecule has 9 nitrogen and oxygen atoms in total. The Kier molecular flexibility index (Phi) is 7.70. The summed E-state index contributed by atoms with van der Waals surface area (Å²) in [5.74, 6) is -0.986. The lowest BCUT2D eigenvalue weighted by Gasteiger charge is -2.26. The molecule has 0 aliphatic carbocycles. The minimum absolute atomic E-state index is 0.0723. The Hall–Kier alpha value is -4.74. The number of halogens is 1. The normalized spacial score (nSPS) is 10.9. The Labute approximate surface area is 218 Å². The fourth-order valence-electron chi connectivity index (χ4n) is 3.78. The molecule has 2 amide bonds. The molecule has 0 spiro atoms. The van der Waals surface area contributed by atoms with E-state index in [1.807, 2.05) is 6.07 Å². The third-order valence-corrected chi connectivity index (χ3v) is 6.70. The van der Waals surface area contributed by atoms with E-state index < -0.39 is 21.7 Å². The first-order chi connectivity index (χ1) is 18.2. The third-order valence-electron chi connectivity index (χ3n) is 5.55. The molecule has 5 N–H and O–H groups in total. The molecule has 0 saturated carbocycles. The summed E-state index contributed by atoms with van der Waals surface area (Å²) in [6.07, 6.45) is 1.08. The smallest absolute Gasteiger partial charge is 0.304 e. The SMILES string of the molecule is CS(=O)(=O)c1ccccc1-c1ccc(NC(=O)NN(c2ccccc2)c2cccc(C(=N)NO)c2)c(F)c1. The number of hydrogen-bond acceptors (Lipinski definition) is 6. The summed E-state index contributed by atoms with van der Waals surface area (Å²) in [5, 5.41) is 20.8. The lowest BCUT2D eigenvalue weighted by Crippen LogP contribution is -2.41. The number of hydrazine groups is 1. The molecule has 0 unspecified atom stereocenters. The van der Waals surface area contributed by atoms with Gasteiger partial charge in [-0.25, -0.2) is 23.0 Å². The summed E-state index contributed by atoms with van der Waals surface area (Å²) >= 11 is 0. The topological polar surface area (TPSA) is 135 Å². The molecule has 194 valence electrons. The van der Waals surface area contributed by atoms with Gasteiger partial charge in [0, 0.05) is 17.4 Å². The van der Waals surface area contributed by atoms with Crippen LogP contribution in [0.1, 0.15) is 5.56 Å². The maximum absolute atomic E-state index is 15.0. The quantitative estimate of drug-likeness (QED) is 0.128. The van der Waals surface area contributed by atoms with Crippen LogP contribution < -0.4 is 21.2 Å². The summed E-state index contributed by atoms with van der Waals surface area (Å²) in [7, 11) is -3.54. The van der Waals surface area contributed by atoms with Gasteiger partial charge in [-0.3, -0.25) is 21.1 Å². The van der Waals surface area contributed by atoms with Crippen LogP contribution in [0.2, 0.25) is 0 Å². The van der Waals surface area contributed by atoms with E-state index in [2.05, 4.69) is 10.7 Å². The van der Waals surface area contributed by atoms with Crippen molar-refractivity contribution in [1.82, 2.24) is 10.9 Å². The predicted molar refractivity (Wildman–Crippen MR) is 144 cm³/mol. The molecular formula is C27H24FN5O4S. The highest BCUT2D eigenvalue weighted by molar-refractivity contribution is 7.90. The summed E-state index contributed by atoms with van der Waals surface area (Å²) < 4.78 is 39.3. The van der Waals surface area contributed by atoms with E-state index >= 15 is 4.39 Å². The first kappa shape index (κ1) is 26.3. The Morgan fingerprint density at radius 1 is 0.895 bits per heavy atom. The molecule has 0 aliphatic rings. The number of sulfone groups is 1. The van der Waals surface area contributed by atoms with Crippen molar-refractivity contribution in [1.29, 1.82) is 5.41 Å². The summed E-state index contributed by atoms with van der Waals surface area (Å²) in [5.41, 5.74) is 6.45. The van der Waals surface area contributed by atoms with Crippen molar-refractivity contribution < 1.29 is 22.8 Å². The average Bonchev–Trinajstić information content (AvgIpc) is 2.92. The van der Waals surface area contributed by atoms with Gasteiger partial charge in [0.15, 0.2) is 9.84 Å². The second-order valence-corrected chi connectivity index (χ2v) is 10.2. The van der Waals surface area contributed by atoms with Gasteiger partial charge in [-0.2, -0.15) is 0 Å². The van der Waals surface area contributed by atoms with E-state index in [1.54, 1.807) is 72.2 Å². The van der Waals surface area contributed by atoms with Crippen molar-refractivity contribution in [3.8, 4) is 11.1 Å². The van der Waals surface area contributed by atoms with Gasteiger partial charge in [-0.05, 0) is 48.0 Å². The van der Waals surface area contributed by atoms with Gasteiger partial charge >= 0.3 is 6.03 Å². The van der Waals surface area contributed by atoms with E-state index in [0.29, 0.717) is 28.1 Å². The Balaban J connectivity index is 1.60. The molecule has 38 heavy (non-hydrogen) atoms. The van der Waals surface area contributed by atoms with E-state index in [0.717, 1.165) is 12.3 Å². The van der Waals surface area contributed by atoms with Gasteiger partial charge in [0.1, 0.15) is 11.7 Å². The van der Waals surface area contributed by atoms with Crippen LogP contribution in [0.3, 0.4) is 0 Å². The van der Waals surface area contributed by atoms with Crippen LogP contribution in [0.15, 0.2) is 102 Å². The number of urea groups is 1. The number of rotatable bonds is 7. The second kappa shape index (κ2) is 11.1. The number of amidine groups is 1. The second-order valence-electron chi connectivity index (χ2n) is 8.24. The summed E-state index contributed by atoms with van der Waals surface area (Å²) in [6.45, 7) is 0. The average molecular weight is 534 g/mol. The monoisotopic (exact) mass is 533 g/mol. The predicted octanol–water partition coefficient (Wildman–Crippen LogP) is 5.08. The number of amides is 2. The number of hydroxylamine groups is 1. The number of carbonyl (C=O) groups is 1. The molecule has 0 heterocycles. The number of nitrogens with one attached hydrogen (secondary N) is 4. The van der Waals surface area contributed by atoms with Crippen LogP contribution in [0.5, 0.6) is 0 Å². The van der Waals surface area contributed by atoms with Crippen LogP contribution in [0.25, 0.3) is 11.1 Å². The highest BCUT2D eigenvalue weighted by atomic mass is 32.2. The summed E-state index contributed by atoms with van der Waals surface area (Å²) in [6, 6.07) is 24.9. The van der Waals surface area contributed by atoms with Crippen LogP contribution in [-0.4, -0.2) is 31.7 Å². The van der Waals surface area contributed by atoms with E-state index in [4.69, 9.17) is 10.6 Å². The molecule has 4 aromatic carbocycles. The third kappa shape index (κ3) is 5.97. The Bertz CT molecular complexity index is 1600. The molecule has 0 atom stereocenters. The number of benzene rings is 4. The maximum atomic E-state index is 15.0. The molecule has 4 rings (SSSR count). The van der Waals surface area contributed by atoms with Gasteiger partial charge < -0.3 is 5.32 Å². The van der Waals surface area contributed by atoms with Crippen molar-refractivity contribution >= 4 is 38.8 Å². The van der Waals surface area contributed by atoms with Crippen LogP contribution in [0.4, 0.5) is 26.2 Å². The molecule has 11 heteroatoms. The van der Waals surface area contributed by atoms with Gasteiger partial charge in [-0.1, -0.05) is 54.6 Å². The Morgan fingerprint density at radius 3 is 2.26 bits per heavy atom. The molecular weight excluding hydrogens is 509 g/mol. The van der Waals surface area contributed by atoms with Crippen molar-refractivity contribution in [3.63, 3.8) is 0 Å². The standard InChI is InChI=1S/C27H24FN5O4S/c1-38(36,37)25-13-6-5-12-22(25)18-14-15-24(23(28)17-18)30-27(34)31-33(20-9-3-2-4-10-20)21-11-7-8-19(16-21)26(29)32-35/h2-17,35H,1H3,(H2,29,32)(H2,30,31,34). The van der Waals surface area contributed by atoms with Gasteiger partial charge in [0.05, 0.1) is 22.0 Å². The molecule has 0 aromatic heterocycles. The van der Waals surface area contributed by atoms with E-state index in [-0.39, 0.29) is 16.4 Å². The lowest BCUT2D eigenvalue weighted by atomic mass is 10.1. The molecule has 0 aliphatic heterocycles. The summed E-state index contributed by atoms with van der Waals surface area (Å²) in [4.78, 5) is 13.0. The van der Waals surface area contributed by atoms with Crippen molar-refractivity contribution in [3.05, 3.63) is 108 Å². The first-order valence-corrected chi connectivity index (χ1v) is 13.2. The minimum Gasteiger partial charge on any atom is -0.304 e. The molecule has 4 aromatic rings.